The van der Waals surface area contributed by atoms with Gasteiger partial charge < -0.3 is 8.83 Å². The van der Waals surface area contributed by atoms with Gasteiger partial charge in [0, 0.05) is 55.6 Å². The minimum absolute atomic E-state index is 0.0618. The van der Waals surface area contributed by atoms with E-state index in [4.69, 9.17) is 8.83 Å². The van der Waals surface area contributed by atoms with Crippen LogP contribution in [0.25, 0.3) is 56.9 Å². The van der Waals surface area contributed by atoms with Crippen molar-refractivity contribution in [2.75, 3.05) is 0 Å². The summed E-state index contributed by atoms with van der Waals surface area (Å²) in [5.74, 6) is 25.8. The molecule has 6 aromatic carbocycles. The Balaban J connectivity index is 0.806. The highest BCUT2D eigenvalue weighted by Crippen LogP contribution is 2.37. The number of ketones is 1. The summed E-state index contributed by atoms with van der Waals surface area (Å²) in [7, 11) is 0. The molecule has 0 saturated heterocycles. The van der Waals surface area contributed by atoms with Gasteiger partial charge in [-0.3, -0.25) is 4.79 Å². The molecule has 8 aromatic rings. The van der Waals surface area contributed by atoms with Gasteiger partial charge in [-0.1, -0.05) is 102 Å². The zero-order chi connectivity index (χ0) is 44.4. The number of aromatic nitrogens is 4. The standard InChI is InChI=1S/C57H40N4O3/c1-56(2,3)45-29-25-43(26-30-45)54-60-58-52(63-54)41-21-15-37(16-22-41)11-7-9-13-39-19-33-47-48-34-20-40(36-50(48)51(62)49(47)35-39)14-10-8-12-38-17-23-42(24-18-38)53-59-61-55(64-53)44-27-31-46(32-28-44)57(4,5)6/h15-36H,1-6H3. The average Bonchev–Trinajstić information content (AvgIpc) is 4.06. The van der Waals surface area contributed by atoms with Crippen LogP contribution in [0.3, 0.4) is 0 Å². The number of rotatable bonds is 4. The molecular weight excluding hydrogens is 789 g/mol. The van der Waals surface area contributed by atoms with E-state index in [2.05, 4.69) is 134 Å². The molecule has 0 radical (unpaired) electrons. The number of carbonyl (C=O) groups excluding carboxylic acids is 1. The van der Waals surface area contributed by atoms with Gasteiger partial charge in [-0.25, -0.2) is 0 Å². The molecule has 0 saturated carbocycles. The molecule has 0 fully saturated rings. The van der Waals surface area contributed by atoms with Crippen molar-refractivity contribution in [2.24, 2.45) is 0 Å². The Morgan fingerprint density at radius 3 is 0.953 bits per heavy atom. The lowest BCUT2D eigenvalue weighted by Crippen LogP contribution is -2.10. The average molecular weight is 829 g/mol. The van der Waals surface area contributed by atoms with E-state index in [1.165, 1.54) is 11.1 Å². The Kier molecular flexibility index (Phi) is 10.7. The third kappa shape index (κ3) is 8.80. The van der Waals surface area contributed by atoms with Crippen LogP contribution in [-0.4, -0.2) is 26.2 Å². The summed E-state index contributed by atoms with van der Waals surface area (Å²) < 4.78 is 12.0. The zero-order valence-corrected chi connectivity index (χ0v) is 36.2. The van der Waals surface area contributed by atoms with Crippen molar-refractivity contribution < 1.29 is 13.6 Å². The second kappa shape index (κ2) is 16.8. The van der Waals surface area contributed by atoms with Crippen molar-refractivity contribution >= 4 is 5.78 Å². The Labute approximate surface area is 373 Å². The molecule has 0 bridgehead atoms. The number of fused-ring (bicyclic) bond motifs is 3. The molecule has 0 aliphatic heterocycles. The normalized spacial score (nSPS) is 11.4. The predicted octanol–water partition coefficient (Wildman–Crippen LogP) is 11.7. The highest BCUT2D eigenvalue weighted by Gasteiger charge is 2.27. The maximum absolute atomic E-state index is 13.5. The predicted molar refractivity (Wildman–Crippen MR) is 251 cm³/mol. The molecule has 306 valence electrons. The summed E-state index contributed by atoms with van der Waals surface area (Å²) in [6, 6.07) is 42.9. The van der Waals surface area contributed by atoms with Crippen LogP contribution in [0.1, 0.15) is 90.8 Å². The van der Waals surface area contributed by atoms with E-state index in [1.54, 1.807) is 0 Å². The van der Waals surface area contributed by atoms with Crippen molar-refractivity contribution in [3.63, 3.8) is 0 Å². The molecule has 2 aromatic heterocycles. The largest absolute Gasteiger partial charge is 0.416 e. The first-order valence-corrected chi connectivity index (χ1v) is 20.8. The van der Waals surface area contributed by atoms with Gasteiger partial charge in [0.2, 0.25) is 23.6 Å². The molecule has 7 nitrogen and oxygen atoms in total. The van der Waals surface area contributed by atoms with E-state index in [0.29, 0.717) is 45.8 Å². The molecule has 0 amide bonds. The molecule has 1 aliphatic carbocycles. The van der Waals surface area contributed by atoms with Crippen molar-refractivity contribution in [3.8, 4) is 104 Å². The Morgan fingerprint density at radius 1 is 0.359 bits per heavy atom. The summed E-state index contributed by atoms with van der Waals surface area (Å²) >= 11 is 0. The van der Waals surface area contributed by atoms with E-state index >= 15 is 0 Å². The van der Waals surface area contributed by atoms with Crippen molar-refractivity contribution in [3.05, 3.63) is 178 Å². The summed E-state index contributed by atoms with van der Waals surface area (Å²) in [4.78, 5) is 13.5. The first-order chi connectivity index (χ1) is 30.9. The lowest BCUT2D eigenvalue weighted by molar-refractivity contribution is 0.104. The quantitative estimate of drug-likeness (QED) is 0.163. The maximum Gasteiger partial charge on any atom is 0.248 e. The van der Waals surface area contributed by atoms with Gasteiger partial charge in [-0.2, -0.15) is 0 Å². The molecule has 0 atom stereocenters. The van der Waals surface area contributed by atoms with E-state index in [9.17, 15) is 4.79 Å². The summed E-state index contributed by atoms with van der Waals surface area (Å²) in [5, 5.41) is 17.0. The van der Waals surface area contributed by atoms with Crippen LogP contribution in [0.2, 0.25) is 0 Å². The molecule has 1 aliphatic rings. The molecule has 7 heteroatoms. The Bertz CT molecular complexity index is 3120. The van der Waals surface area contributed by atoms with E-state index < -0.39 is 0 Å². The van der Waals surface area contributed by atoms with Crippen LogP contribution in [0.15, 0.2) is 142 Å². The van der Waals surface area contributed by atoms with Crippen LogP contribution >= 0.6 is 0 Å². The molecule has 9 rings (SSSR count). The van der Waals surface area contributed by atoms with Crippen LogP contribution in [0.4, 0.5) is 0 Å². The number of hydrogen-bond acceptors (Lipinski definition) is 7. The molecule has 64 heavy (non-hydrogen) atoms. The number of nitrogens with zero attached hydrogens (tertiary/aromatic N) is 4. The Morgan fingerprint density at radius 2 is 0.641 bits per heavy atom. The number of hydrogen-bond donors (Lipinski definition) is 0. The maximum atomic E-state index is 13.5. The number of carbonyl (C=O) groups is 1. The molecule has 0 spiro atoms. The molecule has 2 heterocycles. The topological polar surface area (TPSA) is 94.9 Å². The van der Waals surface area contributed by atoms with Crippen LogP contribution < -0.4 is 0 Å². The van der Waals surface area contributed by atoms with Crippen LogP contribution in [-0.2, 0) is 10.8 Å². The zero-order valence-electron chi connectivity index (χ0n) is 36.2. The monoisotopic (exact) mass is 828 g/mol. The lowest BCUT2D eigenvalue weighted by Gasteiger charge is -2.18. The fourth-order valence-electron chi connectivity index (χ4n) is 7.18. The lowest BCUT2D eigenvalue weighted by atomic mass is 9.87. The van der Waals surface area contributed by atoms with Gasteiger partial charge in [-0.05, 0) is 154 Å². The van der Waals surface area contributed by atoms with Crippen molar-refractivity contribution in [1.29, 1.82) is 0 Å². The minimum Gasteiger partial charge on any atom is -0.416 e. The van der Waals surface area contributed by atoms with Crippen molar-refractivity contribution in [1.82, 2.24) is 20.4 Å². The second-order valence-electron chi connectivity index (χ2n) is 17.5. The smallest absolute Gasteiger partial charge is 0.248 e. The molecular formula is C57H40N4O3. The highest BCUT2D eigenvalue weighted by molar-refractivity contribution is 6.22. The van der Waals surface area contributed by atoms with E-state index in [0.717, 1.165) is 44.5 Å². The second-order valence-corrected chi connectivity index (χ2v) is 17.5. The fourth-order valence-corrected chi connectivity index (χ4v) is 7.18. The summed E-state index contributed by atoms with van der Waals surface area (Å²) in [6.45, 7) is 13.1. The third-order valence-electron chi connectivity index (χ3n) is 10.9. The SMILES string of the molecule is CC(C)(C)c1ccc(-c2nnc(-c3ccc(C#CC#Cc4ccc5c(c4)C(=O)c4cc(C#CC#Cc6ccc(-c7nnc(-c8ccc(C(C)(C)C)cc8)o7)cc6)ccc4-5)cc3)o2)cc1. The third-order valence-corrected chi connectivity index (χ3v) is 10.9. The summed E-state index contributed by atoms with van der Waals surface area (Å²) in [5.41, 5.74) is 11.9. The molecule has 0 N–H and O–H groups in total. The van der Waals surface area contributed by atoms with Gasteiger partial charge in [0.25, 0.3) is 0 Å². The van der Waals surface area contributed by atoms with Gasteiger partial charge in [0.1, 0.15) is 0 Å². The van der Waals surface area contributed by atoms with Gasteiger partial charge in [0.15, 0.2) is 5.78 Å². The van der Waals surface area contributed by atoms with E-state index in [1.807, 2.05) is 109 Å². The Hall–Kier alpha value is -8.49. The fraction of sp³-hybridized carbons (Fsp3) is 0.140. The van der Waals surface area contributed by atoms with Crippen LogP contribution in [0.5, 0.6) is 0 Å². The van der Waals surface area contributed by atoms with Gasteiger partial charge in [0.05, 0.1) is 0 Å². The highest BCUT2D eigenvalue weighted by atomic mass is 16.4. The minimum atomic E-state index is -0.0618. The first-order valence-electron chi connectivity index (χ1n) is 20.8. The van der Waals surface area contributed by atoms with Crippen molar-refractivity contribution in [2.45, 2.75) is 52.4 Å². The van der Waals surface area contributed by atoms with Gasteiger partial charge in [-0.15, -0.1) is 20.4 Å². The summed E-state index contributed by atoms with van der Waals surface area (Å²) in [6.07, 6.45) is 0. The molecule has 0 unspecified atom stereocenters. The number of benzene rings is 6. The van der Waals surface area contributed by atoms with Crippen LogP contribution in [0, 0.1) is 47.4 Å². The first kappa shape index (κ1) is 40.9. The van der Waals surface area contributed by atoms with E-state index in [-0.39, 0.29) is 16.6 Å². The van der Waals surface area contributed by atoms with Gasteiger partial charge >= 0.3 is 0 Å².